The number of benzene rings is 2. The average molecular weight is 425 g/mol. The largest absolute Gasteiger partial charge is 0.357 e. The summed E-state index contributed by atoms with van der Waals surface area (Å²) in [7, 11) is 0. The lowest BCUT2D eigenvalue weighted by molar-refractivity contribution is -0.111. The van der Waals surface area contributed by atoms with Crippen molar-refractivity contribution in [2.45, 2.75) is 47.0 Å². The van der Waals surface area contributed by atoms with Gasteiger partial charge in [0.25, 0.3) is 0 Å². The zero-order valence-corrected chi connectivity index (χ0v) is 19.5. The number of nitrogens with one attached hydrogen (secondary N) is 1. The zero-order chi connectivity index (χ0) is 22.9. The molecular formula is C29H32N2O. The van der Waals surface area contributed by atoms with Crippen molar-refractivity contribution in [3.8, 4) is 0 Å². The monoisotopic (exact) mass is 424 g/mol. The first-order chi connectivity index (χ1) is 15.5. The Kier molecular flexibility index (Phi) is 8.15. The third-order valence-corrected chi connectivity index (χ3v) is 5.62. The van der Waals surface area contributed by atoms with Gasteiger partial charge in [-0.25, -0.2) is 0 Å². The molecule has 0 saturated heterocycles. The van der Waals surface area contributed by atoms with Gasteiger partial charge in [-0.15, -0.1) is 0 Å². The fraction of sp³-hybridized carbons (Fsp3) is 0.241. The summed E-state index contributed by atoms with van der Waals surface area (Å²) in [6, 6.07) is 18.7. The first kappa shape index (κ1) is 23.2. The molecule has 0 fully saturated rings. The van der Waals surface area contributed by atoms with E-state index in [1.165, 1.54) is 16.7 Å². The number of carbonyl (C=O) groups is 1. The molecule has 0 unspecified atom stereocenters. The van der Waals surface area contributed by atoms with Gasteiger partial charge in [-0.05, 0) is 38.3 Å². The molecule has 0 aliphatic heterocycles. The third kappa shape index (κ3) is 6.27. The van der Waals surface area contributed by atoms with Crippen LogP contribution in [0.15, 0.2) is 101 Å². The SMILES string of the molecule is C/C=C(\N/C(Cc1ccccc1)=C(C)/N=C(/CC1=CC=CC1)C(C)=O)c1ccccc1C. The summed E-state index contributed by atoms with van der Waals surface area (Å²) in [5.41, 5.74) is 8.24. The van der Waals surface area contributed by atoms with Gasteiger partial charge in [0.1, 0.15) is 0 Å². The van der Waals surface area contributed by atoms with Crippen molar-refractivity contribution in [3.05, 3.63) is 113 Å². The molecule has 0 saturated carbocycles. The molecule has 1 aliphatic carbocycles. The van der Waals surface area contributed by atoms with Crippen LogP contribution >= 0.6 is 0 Å². The summed E-state index contributed by atoms with van der Waals surface area (Å²) in [5, 5.41) is 3.64. The van der Waals surface area contributed by atoms with Crippen LogP contribution in [0.3, 0.4) is 0 Å². The minimum Gasteiger partial charge on any atom is -0.357 e. The molecule has 0 bridgehead atoms. The van der Waals surface area contributed by atoms with Gasteiger partial charge >= 0.3 is 0 Å². The Morgan fingerprint density at radius 1 is 1.03 bits per heavy atom. The van der Waals surface area contributed by atoms with Crippen molar-refractivity contribution >= 4 is 17.2 Å². The molecule has 2 aromatic carbocycles. The molecule has 2 aromatic rings. The van der Waals surface area contributed by atoms with Gasteiger partial charge in [0, 0.05) is 36.7 Å². The van der Waals surface area contributed by atoms with E-state index >= 15 is 0 Å². The second-order valence-electron chi connectivity index (χ2n) is 8.12. The second-order valence-corrected chi connectivity index (χ2v) is 8.12. The number of ketones is 1. The lowest BCUT2D eigenvalue weighted by Gasteiger charge is -2.18. The van der Waals surface area contributed by atoms with Crippen LogP contribution in [0.25, 0.3) is 5.70 Å². The molecule has 0 heterocycles. The predicted octanol–water partition coefficient (Wildman–Crippen LogP) is 6.73. The Balaban J connectivity index is 1.99. The molecule has 3 rings (SSSR count). The summed E-state index contributed by atoms with van der Waals surface area (Å²) >= 11 is 0. The van der Waals surface area contributed by atoms with Crippen LogP contribution in [0.2, 0.25) is 0 Å². The van der Waals surface area contributed by atoms with Crippen LogP contribution in [-0.4, -0.2) is 11.5 Å². The van der Waals surface area contributed by atoms with Crippen molar-refractivity contribution in [1.29, 1.82) is 0 Å². The number of aryl methyl sites for hydroxylation is 1. The van der Waals surface area contributed by atoms with Gasteiger partial charge in [-0.3, -0.25) is 9.79 Å². The highest BCUT2D eigenvalue weighted by atomic mass is 16.1. The van der Waals surface area contributed by atoms with Crippen LogP contribution in [0.1, 0.15) is 50.3 Å². The van der Waals surface area contributed by atoms with E-state index in [9.17, 15) is 4.79 Å². The minimum atomic E-state index is 0.0152. The second kappa shape index (κ2) is 11.2. The van der Waals surface area contributed by atoms with E-state index in [-0.39, 0.29) is 5.78 Å². The maximum atomic E-state index is 12.4. The molecule has 0 amide bonds. The van der Waals surface area contributed by atoms with E-state index in [1.54, 1.807) is 6.92 Å². The number of carbonyl (C=O) groups excluding carboxylic acids is 1. The van der Waals surface area contributed by atoms with Gasteiger partial charge in [0.05, 0.1) is 11.4 Å². The van der Waals surface area contributed by atoms with Crippen LogP contribution in [0, 0.1) is 6.92 Å². The van der Waals surface area contributed by atoms with Crippen LogP contribution in [0.4, 0.5) is 0 Å². The number of allylic oxidation sites excluding steroid dienone is 7. The van der Waals surface area contributed by atoms with E-state index in [1.807, 2.05) is 44.2 Å². The van der Waals surface area contributed by atoms with Gasteiger partial charge in [-0.2, -0.15) is 0 Å². The smallest absolute Gasteiger partial charge is 0.174 e. The third-order valence-electron chi connectivity index (χ3n) is 5.62. The molecule has 164 valence electrons. The van der Waals surface area contributed by atoms with Gasteiger partial charge < -0.3 is 5.32 Å². The fourth-order valence-electron chi connectivity index (χ4n) is 3.75. The summed E-state index contributed by atoms with van der Waals surface area (Å²) in [6.07, 6.45) is 10.5. The van der Waals surface area contributed by atoms with Gasteiger partial charge in [0.2, 0.25) is 0 Å². The lowest BCUT2D eigenvalue weighted by atomic mass is 10.0. The molecule has 0 aromatic heterocycles. The number of Topliss-reactive ketones (excluding diaryl/α,β-unsaturated/α-hetero) is 1. The molecule has 0 atom stereocenters. The first-order valence-corrected chi connectivity index (χ1v) is 11.1. The van der Waals surface area contributed by atoms with Gasteiger partial charge in [-0.1, -0.05) is 84.5 Å². The van der Waals surface area contributed by atoms with Crippen molar-refractivity contribution in [1.82, 2.24) is 5.32 Å². The lowest BCUT2D eigenvalue weighted by Crippen LogP contribution is -2.18. The topological polar surface area (TPSA) is 41.5 Å². The number of hydrogen-bond donors (Lipinski definition) is 1. The Labute approximate surface area is 192 Å². The summed E-state index contributed by atoms with van der Waals surface area (Å²) in [6.45, 7) is 7.74. The maximum absolute atomic E-state index is 12.4. The standard InChI is InChI=1S/C29H32N2O/c1-5-27(26-18-12-9-13-21(26)2)31-28(19-24-14-7-6-8-15-24)22(3)30-29(23(4)32)20-25-16-10-11-17-25/h5-16,18,31H,17,19-20H2,1-4H3/b27-5-,28-22+,30-29-. The highest BCUT2D eigenvalue weighted by Crippen LogP contribution is 2.22. The van der Waals surface area contributed by atoms with Crippen LogP contribution in [-0.2, 0) is 11.2 Å². The molecule has 3 nitrogen and oxygen atoms in total. The normalized spacial score (nSPS) is 14.8. The Morgan fingerprint density at radius 3 is 2.38 bits per heavy atom. The van der Waals surface area contributed by atoms with E-state index in [0.717, 1.165) is 29.1 Å². The number of nitrogens with zero attached hydrogens (tertiary/aromatic N) is 1. The fourth-order valence-corrected chi connectivity index (χ4v) is 3.75. The molecular weight excluding hydrogens is 392 g/mol. The Morgan fingerprint density at radius 2 is 1.75 bits per heavy atom. The molecule has 32 heavy (non-hydrogen) atoms. The maximum Gasteiger partial charge on any atom is 0.174 e. The minimum absolute atomic E-state index is 0.0152. The van der Waals surface area contributed by atoms with Gasteiger partial charge in [0.15, 0.2) is 5.78 Å². The first-order valence-electron chi connectivity index (χ1n) is 11.1. The highest BCUT2D eigenvalue weighted by Gasteiger charge is 2.14. The Bertz CT molecular complexity index is 1110. The van der Waals surface area contributed by atoms with Crippen LogP contribution < -0.4 is 5.32 Å². The number of aliphatic imine (C=N–C) groups is 1. The van der Waals surface area contributed by atoms with Crippen molar-refractivity contribution in [2.75, 3.05) is 0 Å². The quantitative estimate of drug-likeness (QED) is 0.454. The Hall–Kier alpha value is -3.46. The highest BCUT2D eigenvalue weighted by molar-refractivity contribution is 6.39. The van der Waals surface area contributed by atoms with E-state index in [0.29, 0.717) is 18.6 Å². The van der Waals surface area contributed by atoms with E-state index < -0.39 is 0 Å². The van der Waals surface area contributed by atoms with E-state index in [2.05, 4.69) is 60.8 Å². The predicted molar refractivity (Wildman–Crippen MR) is 135 cm³/mol. The molecule has 0 radical (unpaired) electrons. The molecule has 0 spiro atoms. The summed E-state index contributed by atoms with van der Waals surface area (Å²) < 4.78 is 0. The van der Waals surface area contributed by atoms with E-state index in [4.69, 9.17) is 4.99 Å². The number of rotatable bonds is 9. The zero-order valence-electron chi connectivity index (χ0n) is 19.5. The average Bonchev–Trinajstić information content (AvgIpc) is 3.30. The molecule has 3 heteroatoms. The van der Waals surface area contributed by atoms with Crippen molar-refractivity contribution < 1.29 is 4.79 Å². The summed E-state index contributed by atoms with van der Waals surface area (Å²) in [4.78, 5) is 17.2. The van der Waals surface area contributed by atoms with Crippen LogP contribution in [0.5, 0.6) is 0 Å². The summed E-state index contributed by atoms with van der Waals surface area (Å²) in [5.74, 6) is 0.0152. The molecule has 1 aliphatic rings. The molecule has 1 N–H and O–H groups in total. The van der Waals surface area contributed by atoms with Crippen molar-refractivity contribution in [2.24, 2.45) is 4.99 Å². The van der Waals surface area contributed by atoms with Crippen molar-refractivity contribution in [3.63, 3.8) is 0 Å². The number of hydrogen-bond acceptors (Lipinski definition) is 3.